The third-order valence-corrected chi connectivity index (χ3v) is 5.32. The lowest BCUT2D eigenvalue weighted by Gasteiger charge is -2.36. The van der Waals surface area contributed by atoms with Crippen molar-refractivity contribution >= 4 is 5.69 Å². The van der Waals surface area contributed by atoms with Crippen molar-refractivity contribution in [2.75, 3.05) is 18.4 Å². The molecule has 0 unspecified atom stereocenters. The molecule has 3 heteroatoms. The molecule has 1 aromatic carbocycles. The van der Waals surface area contributed by atoms with E-state index in [0.29, 0.717) is 6.54 Å². The van der Waals surface area contributed by atoms with E-state index in [1.54, 1.807) is 0 Å². The molecule has 1 fully saturated rings. The van der Waals surface area contributed by atoms with E-state index in [2.05, 4.69) is 35.8 Å². The number of anilines is 1. The smallest absolute Gasteiger partial charge is 0.0771 e. The number of rotatable bonds is 5. The van der Waals surface area contributed by atoms with Crippen LogP contribution in [0.5, 0.6) is 0 Å². The van der Waals surface area contributed by atoms with Crippen LogP contribution in [0.1, 0.15) is 50.2 Å². The topological polar surface area (TPSA) is 44.3 Å². The lowest BCUT2D eigenvalue weighted by molar-refractivity contribution is -0.00880. The molecule has 2 aliphatic rings. The van der Waals surface area contributed by atoms with E-state index in [1.165, 1.54) is 36.1 Å². The third kappa shape index (κ3) is 3.41. The van der Waals surface area contributed by atoms with E-state index >= 15 is 0 Å². The van der Waals surface area contributed by atoms with Crippen LogP contribution in [0.2, 0.25) is 0 Å². The van der Waals surface area contributed by atoms with Crippen LogP contribution in [-0.4, -0.2) is 23.8 Å². The maximum Gasteiger partial charge on any atom is 0.0771 e. The fraction of sp³-hybridized carbons (Fsp3) is 0.667. The number of fused-ring (bicyclic) bond motifs is 1. The molecule has 1 aliphatic heterocycles. The van der Waals surface area contributed by atoms with Crippen LogP contribution in [0.3, 0.4) is 0 Å². The molecule has 116 valence electrons. The lowest BCUT2D eigenvalue weighted by Crippen LogP contribution is -2.43. The van der Waals surface area contributed by atoms with Crippen molar-refractivity contribution in [3.8, 4) is 0 Å². The average Bonchev–Trinajstić information content (AvgIpc) is 2.97. The van der Waals surface area contributed by atoms with E-state index in [-0.39, 0.29) is 0 Å². The highest BCUT2D eigenvalue weighted by Gasteiger charge is 2.32. The minimum absolute atomic E-state index is 0.489. The van der Waals surface area contributed by atoms with Crippen LogP contribution in [0.4, 0.5) is 5.69 Å². The Kier molecular flexibility index (Phi) is 4.51. The highest BCUT2D eigenvalue weighted by molar-refractivity contribution is 5.61. The molecule has 0 bridgehead atoms. The van der Waals surface area contributed by atoms with Crippen LogP contribution < -0.4 is 10.6 Å². The summed E-state index contributed by atoms with van der Waals surface area (Å²) >= 11 is 0. The minimum Gasteiger partial charge on any atom is -0.389 e. The quantitative estimate of drug-likeness (QED) is 0.780. The van der Waals surface area contributed by atoms with Gasteiger partial charge in [0.1, 0.15) is 0 Å². The minimum atomic E-state index is -0.489. The van der Waals surface area contributed by atoms with E-state index in [9.17, 15) is 5.11 Å². The van der Waals surface area contributed by atoms with Crippen molar-refractivity contribution in [1.29, 1.82) is 0 Å². The van der Waals surface area contributed by atoms with Gasteiger partial charge in [0.2, 0.25) is 0 Å². The summed E-state index contributed by atoms with van der Waals surface area (Å²) in [5, 5.41) is 17.6. The van der Waals surface area contributed by atoms with Gasteiger partial charge in [-0.05, 0) is 49.1 Å². The van der Waals surface area contributed by atoms with Crippen LogP contribution in [0.15, 0.2) is 18.2 Å². The Hall–Kier alpha value is -1.06. The standard InChI is InChI=1S/C18H28N2O/c1-2-14-6-9-18(21,10-7-14)13-19-12-16-5-3-4-15-8-11-20-17(15)16/h3-5,14,19-21H,2,6-13H2,1H3. The fourth-order valence-corrected chi connectivity index (χ4v) is 3.79. The van der Waals surface area contributed by atoms with Crippen molar-refractivity contribution in [2.24, 2.45) is 5.92 Å². The third-order valence-electron chi connectivity index (χ3n) is 5.32. The molecule has 0 saturated heterocycles. The molecule has 3 rings (SSSR count). The average molecular weight is 288 g/mol. The van der Waals surface area contributed by atoms with Gasteiger partial charge in [-0.25, -0.2) is 0 Å². The summed E-state index contributed by atoms with van der Waals surface area (Å²) in [5.74, 6) is 0.826. The van der Waals surface area contributed by atoms with Gasteiger partial charge in [-0.3, -0.25) is 0 Å². The summed E-state index contributed by atoms with van der Waals surface area (Å²) in [6.07, 6.45) is 6.64. The Morgan fingerprint density at radius 3 is 2.90 bits per heavy atom. The van der Waals surface area contributed by atoms with Gasteiger partial charge < -0.3 is 15.7 Å². The number of hydrogen-bond donors (Lipinski definition) is 3. The molecule has 1 saturated carbocycles. The van der Waals surface area contributed by atoms with Crippen molar-refractivity contribution in [2.45, 2.75) is 57.6 Å². The number of nitrogens with one attached hydrogen (secondary N) is 2. The maximum atomic E-state index is 10.7. The van der Waals surface area contributed by atoms with Gasteiger partial charge in [0.15, 0.2) is 0 Å². The summed E-state index contributed by atoms with van der Waals surface area (Å²) in [7, 11) is 0. The molecule has 0 amide bonds. The first-order chi connectivity index (χ1) is 10.2. The van der Waals surface area contributed by atoms with Gasteiger partial charge in [-0.2, -0.15) is 0 Å². The Balaban J connectivity index is 1.51. The molecule has 0 radical (unpaired) electrons. The molecule has 0 spiro atoms. The van der Waals surface area contributed by atoms with Crippen LogP contribution in [0.25, 0.3) is 0 Å². The second kappa shape index (κ2) is 6.37. The zero-order chi connectivity index (χ0) is 14.7. The Morgan fingerprint density at radius 2 is 2.14 bits per heavy atom. The highest BCUT2D eigenvalue weighted by atomic mass is 16.3. The SMILES string of the molecule is CCC1CCC(O)(CNCc2cccc3c2NCC3)CC1. The zero-order valence-corrected chi connectivity index (χ0v) is 13.1. The largest absolute Gasteiger partial charge is 0.389 e. The van der Waals surface area contributed by atoms with Crippen LogP contribution in [-0.2, 0) is 13.0 Å². The molecule has 1 heterocycles. The van der Waals surface area contributed by atoms with Gasteiger partial charge in [-0.15, -0.1) is 0 Å². The van der Waals surface area contributed by atoms with Crippen LogP contribution >= 0.6 is 0 Å². The Labute approximate surface area is 128 Å². The first-order valence-electron chi connectivity index (χ1n) is 8.48. The second-order valence-corrected chi connectivity index (χ2v) is 6.81. The van der Waals surface area contributed by atoms with Crippen LogP contribution in [0, 0.1) is 5.92 Å². The molecule has 0 aromatic heterocycles. The number of aliphatic hydroxyl groups is 1. The molecular formula is C18H28N2O. The zero-order valence-electron chi connectivity index (χ0n) is 13.1. The predicted molar refractivity (Wildman–Crippen MR) is 87.5 cm³/mol. The summed E-state index contributed by atoms with van der Waals surface area (Å²) in [6, 6.07) is 6.53. The molecule has 21 heavy (non-hydrogen) atoms. The molecule has 0 atom stereocenters. The number of benzene rings is 1. The Bertz CT molecular complexity index is 478. The normalized spacial score (nSPS) is 28.2. The van der Waals surface area contributed by atoms with E-state index in [0.717, 1.165) is 38.3 Å². The summed E-state index contributed by atoms with van der Waals surface area (Å²) in [6.45, 7) is 4.87. The first-order valence-corrected chi connectivity index (χ1v) is 8.48. The van der Waals surface area contributed by atoms with E-state index < -0.39 is 5.60 Å². The van der Waals surface area contributed by atoms with Gasteiger partial charge >= 0.3 is 0 Å². The van der Waals surface area contributed by atoms with Gasteiger partial charge in [0, 0.05) is 25.3 Å². The van der Waals surface area contributed by atoms with Gasteiger partial charge in [0.25, 0.3) is 0 Å². The van der Waals surface area contributed by atoms with E-state index in [1.807, 2.05) is 0 Å². The molecular weight excluding hydrogens is 260 g/mol. The lowest BCUT2D eigenvalue weighted by atomic mass is 9.78. The number of para-hydroxylation sites is 1. The predicted octanol–water partition coefficient (Wildman–Crippen LogP) is 3.08. The summed E-state index contributed by atoms with van der Waals surface area (Å²) in [4.78, 5) is 0. The van der Waals surface area contributed by atoms with Crippen molar-refractivity contribution in [1.82, 2.24) is 5.32 Å². The second-order valence-electron chi connectivity index (χ2n) is 6.81. The Morgan fingerprint density at radius 1 is 1.33 bits per heavy atom. The molecule has 1 aliphatic carbocycles. The van der Waals surface area contributed by atoms with Crippen molar-refractivity contribution in [3.63, 3.8) is 0 Å². The van der Waals surface area contributed by atoms with Crippen molar-refractivity contribution < 1.29 is 5.11 Å². The summed E-state index contributed by atoms with van der Waals surface area (Å²) in [5.41, 5.74) is 3.58. The highest BCUT2D eigenvalue weighted by Crippen LogP contribution is 2.33. The summed E-state index contributed by atoms with van der Waals surface area (Å²) < 4.78 is 0. The van der Waals surface area contributed by atoms with E-state index in [4.69, 9.17) is 0 Å². The monoisotopic (exact) mass is 288 g/mol. The molecule has 3 N–H and O–H groups in total. The molecule has 1 aromatic rings. The van der Waals surface area contributed by atoms with Crippen molar-refractivity contribution in [3.05, 3.63) is 29.3 Å². The van der Waals surface area contributed by atoms with Gasteiger partial charge in [-0.1, -0.05) is 31.5 Å². The fourth-order valence-electron chi connectivity index (χ4n) is 3.79. The van der Waals surface area contributed by atoms with Gasteiger partial charge in [0.05, 0.1) is 5.60 Å². The number of hydrogen-bond acceptors (Lipinski definition) is 3. The maximum absolute atomic E-state index is 10.7. The molecule has 3 nitrogen and oxygen atoms in total. The first kappa shape index (κ1) is 14.9.